The topological polar surface area (TPSA) is 105 Å². The third-order valence-electron chi connectivity index (χ3n) is 6.36. The van der Waals surface area contributed by atoms with Gasteiger partial charge in [0.25, 0.3) is 5.91 Å². The van der Waals surface area contributed by atoms with Gasteiger partial charge in [0.15, 0.2) is 0 Å². The Hall–Kier alpha value is -3.85. The van der Waals surface area contributed by atoms with Gasteiger partial charge < -0.3 is 14.6 Å². The van der Waals surface area contributed by atoms with Crippen LogP contribution in [0.25, 0.3) is 11.0 Å². The van der Waals surface area contributed by atoms with Crippen LogP contribution in [0.3, 0.4) is 0 Å². The fourth-order valence-electron chi connectivity index (χ4n) is 4.51. The highest BCUT2D eigenvalue weighted by Crippen LogP contribution is 2.26. The van der Waals surface area contributed by atoms with E-state index in [-0.39, 0.29) is 18.2 Å². The number of nitrogens with zero attached hydrogens (tertiary/aromatic N) is 3. The van der Waals surface area contributed by atoms with E-state index in [0.717, 1.165) is 33.3 Å². The molecule has 1 N–H and O–H groups in total. The van der Waals surface area contributed by atoms with E-state index in [0.29, 0.717) is 42.1 Å². The third kappa shape index (κ3) is 4.72. The number of aryl methyl sites for hydroxylation is 2. The predicted octanol–water partition coefficient (Wildman–Crippen LogP) is 3.32. The smallest absolute Gasteiger partial charge is 0.336 e. The number of carbonyl (C=O) groups excluding carboxylic acids is 2. The number of hydrogen-bond acceptors (Lipinski definition) is 7. The Bertz CT molecular complexity index is 1490. The van der Waals surface area contributed by atoms with Crippen LogP contribution in [-0.4, -0.2) is 33.2 Å². The molecule has 0 saturated heterocycles. The first kappa shape index (κ1) is 22.9. The van der Waals surface area contributed by atoms with Gasteiger partial charge >= 0.3 is 5.63 Å². The zero-order valence-electron chi connectivity index (χ0n) is 19.5. The molecule has 8 nitrogen and oxygen atoms in total. The number of amides is 2. The quantitative estimate of drug-likeness (QED) is 0.432. The van der Waals surface area contributed by atoms with Crippen molar-refractivity contribution in [2.75, 3.05) is 6.54 Å². The summed E-state index contributed by atoms with van der Waals surface area (Å²) in [6.07, 6.45) is 4.16. The van der Waals surface area contributed by atoms with Crippen molar-refractivity contribution in [2.24, 2.45) is 0 Å². The summed E-state index contributed by atoms with van der Waals surface area (Å²) in [7, 11) is 0. The molecule has 2 amide bonds. The summed E-state index contributed by atoms with van der Waals surface area (Å²) in [4.78, 5) is 48.5. The number of hydrogen-bond donors (Lipinski definition) is 1. The lowest BCUT2D eigenvalue weighted by Gasteiger charge is -2.30. The lowest BCUT2D eigenvalue weighted by Crippen LogP contribution is -2.38. The molecule has 0 bridgehead atoms. The largest absolute Gasteiger partial charge is 0.423 e. The molecule has 0 radical (unpaired) electrons. The molecule has 0 atom stereocenters. The second-order valence-electron chi connectivity index (χ2n) is 8.71. The van der Waals surface area contributed by atoms with Gasteiger partial charge in [-0.3, -0.25) is 19.6 Å². The first-order valence-corrected chi connectivity index (χ1v) is 12.2. The molecule has 0 unspecified atom stereocenters. The Morgan fingerprint density at radius 2 is 2.06 bits per heavy atom. The molecule has 0 spiro atoms. The average Bonchev–Trinajstić information content (AvgIpc) is 3.38. The van der Waals surface area contributed by atoms with Gasteiger partial charge in [-0.15, -0.1) is 11.3 Å². The SMILES string of the molecule is Cc1ccc2c(CC(=O)N3CCc4c(cnc(C)c4CNC(=O)c4cncs4)C3)cc(=O)oc2c1. The minimum Gasteiger partial charge on any atom is -0.423 e. The molecule has 0 aliphatic carbocycles. The molecule has 4 aromatic rings. The van der Waals surface area contributed by atoms with Crippen LogP contribution in [0.1, 0.15) is 43.2 Å². The van der Waals surface area contributed by atoms with Crippen LogP contribution in [-0.2, 0) is 30.7 Å². The van der Waals surface area contributed by atoms with E-state index in [1.807, 2.05) is 38.2 Å². The molecular weight excluding hydrogens is 464 g/mol. The van der Waals surface area contributed by atoms with Gasteiger partial charge in [0.05, 0.1) is 18.1 Å². The second kappa shape index (κ2) is 9.42. The van der Waals surface area contributed by atoms with E-state index >= 15 is 0 Å². The van der Waals surface area contributed by atoms with Gasteiger partial charge in [-0.05, 0) is 54.2 Å². The van der Waals surface area contributed by atoms with Crippen molar-refractivity contribution < 1.29 is 14.0 Å². The van der Waals surface area contributed by atoms with Crippen LogP contribution >= 0.6 is 11.3 Å². The summed E-state index contributed by atoms with van der Waals surface area (Å²) in [5.74, 6) is -0.212. The average molecular weight is 489 g/mol. The maximum atomic E-state index is 13.2. The van der Waals surface area contributed by atoms with Gasteiger partial charge in [0.1, 0.15) is 10.5 Å². The number of fused-ring (bicyclic) bond motifs is 2. The Kier molecular flexibility index (Phi) is 6.17. The van der Waals surface area contributed by atoms with Crippen LogP contribution in [0.4, 0.5) is 0 Å². The van der Waals surface area contributed by atoms with Crippen LogP contribution in [0.5, 0.6) is 0 Å². The number of benzene rings is 1. The fraction of sp³-hybridized carbons (Fsp3) is 0.269. The summed E-state index contributed by atoms with van der Waals surface area (Å²) in [5, 5.41) is 3.73. The number of rotatable bonds is 5. The molecule has 9 heteroatoms. The molecule has 1 aromatic carbocycles. The monoisotopic (exact) mass is 488 g/mol. The molecular formula is C26H24N4O4S. The lowest BCUT2D eigenvalue weighted by molar-refractivity contribution is -0.131. The van der Waals surface area contributed by atoms with Crippen LogP contribution in [0.15, 0.2) is 51.4 Å². The summed E-state index contributed by atoms with van der Waals surface area (Å²) >= 11 is 1.30. The van der Waals surface area contributed by atoms with Crippen LogP contribution < -0.4 is 10.9 Å². The highest BCUT2D eigenvalue weighted by molar-refractivity contribution is 7.11. The lowest BCUT2D eigenvalue weighted by atomic mass is 9.94. The normalized spacial score (nSPS) is 13.0. The number of pyridine rings is 1. The highest BCUT2D eigenvalue weighted by atomic mass is 32.1. The molecule has 1 aliphatic rings. The second-order valence-corrected chi connectivity index (χ2v) is 9.59. The molecule has 0 fully saturated rings. The zero-order chi connectivity index (χ0) is 24.5. The Morgan fingerprint density at radius 1 is 1.20 bits per heavy atom. The van der Waals surface area contributed by atoms with Crippen molar-refractivity contribution >= 4 is 34.1 Å². The van der Waals surface area contributed by atoms with E-state index in [2.05, 4.69) is 15.3 Å². The van der Waals surface area contributed by atoms with Crippen LogP contribution in [0, 0.1) is 13.8 Å². The van der Waals surface area contributed by atoms with Crippen molar-refractivity contribution in [2.45, 2.75) is 39.8 Å². The Labute approximate surface area is 205 Å². The molecule has 0 saturated carbocycles. The Balaban J connectivity index is 1.33. The van der Waals surface area contributed by atoms with E-state index in [9.17, 15) is 14.4 Å². The van der Waals surface area contributed by atoms with Crippen molar-refractivity contribution in [3.8, 4) is 0 Å². The van der Waals surface area contributed by atoms with Crippen molar-refractivity contribution in [1.29, 1.82) is 0 Å². The molecule has 1 aliphatic heterocycles. The molecule has 35 heavy (non-hydrogen) atoms. The predicted molar refractivity (Wildman–Crippen MR) is 132 cm³/mol. The number of thiazole rings is 1. The molecule has 4 heterocycles. The summed E-state index contributed by atoms with van der Waals surface area (Å²) in [6, 6.07) is 7.05. The summed E-state index contributed by atoms with van der Waals surface area (Å²) in [6.45, 7) is 5.23. The van der Waals surface area contributed by atoms with E-state index < -0.39 is 5.63 Å². The molecule has 178 valence electrons. The van der Waals surface area contributed by atoms with Crippen molar-refractivity contribution in [1.82, 2.24) is 20.2 Å². The summed E-state index contributed by atoms with van der Waals surface area (Å²) in [5.41, 5.74) is 7.29. The minimum atomic E-state index is -0.459. The van der Waals surface area contributed by atoms with Gasteiger partial charge in [0, 0.05) is 43.0 Å². The number of nitrogens with one attached hydrogen (secondary N) is 1. The first-order chi connectivity index (χ1) is 16.9. The number of carbonyl (C=O) groups is 2. The van der Waals surface area contributed by atoms with Gasteiger partial charge in [-0.1, -0.05) is 12.1 Å². The maximum absolute atomic E-state index is 13.2. The van der Waals surface area contributed by atoms with Crippen molar-refractivity contribution in [3.63, 3.8) is 0 Å². The Morgan fingerprint density at radius 3 is 2.86 bits per heavy atom. The minimum absolute atomic E-state index is 0.0521. The standard InChI is InChI=1S/C26H24N4O4S/c1-15-3-4-20-17(9-25(32)34-22(20)7-15)8-24(31)30-6-5-19-18(13-30)10-28-16(2)21(19)11-29-26(33)23-12-27-14-35-23/h3-4,7,9-10,12,14H,5-6,8,11,13H2,1-2H3,(H,29,33). The van der Waals surface area contributed by atoms with E-state index in [1.54, 1.807) is 16.6 Å². The van der Waals surface area contributed by atoms with Gasteiger partial charge in [-0.2, -0.15) is 0 Å². The van der Waals surface area contributed by atoms with E-state index in [1.165, 1.54) is 17.4 Å². The molecule has 3 aromatic heterocycles. The highest BCUT2D eigenvalue weighted by Gasteiger charge is 2.25. The fourth-order valence-corrected chi connectivity index (χ4v) is 5.05. The van der Waals surface area contributed by atoms with Gasteiger partial charge in [-0.25, -0.2) is 4.79 Å². The van der Waals surface area contributed by atoms with Crippen molar-refractivity contribution in [3.05, 3.63) is 91.0 Å². The zero-order valence-corrected chi connectivity index (χ0v) is 20.3. The summed E-state index contributed by atoms with van der Waals surface area (Å²) < 4.78 is 5.32. The maximum Gasteiger partial charge on any atom is 0.336 e. The third-order valence-corrected chi connectivity index (χ3v) is 7.13. The van der Waals surface area contributed by atoms with Gasteiger partial charge in [0.2, 0.25) is 5.91 Å². The first-order valence-electron chi connectivity index (χ1n) is 11.3. The van der Waals surface area contributed by atoms with Crippen LogP contribution in [0.2, 0.25) is 0 Å². The van der Waals surface area contributed by atoms with E-state index in [4.69, 9.17) is 4.42 Å². The molecule has 5 rings (SSSR count). The number of aromatic nitrogens is 2.